The standard InChI is InChI=1S/C16H30N2O3S.ClH/c1-12(2)13-4-6-14(7-5-13)18-15(19)16(22(3,20)21)8-10-17-11-9-16;/h12-14,17H,4-11H2,1-3H3,(H,18,19);1H. The van der Waals surface area contributed by atoms with Gasteiger partial charge in [0.05, 0.1) is 0 Å². The molecule has 7 heteroatoms. The van der Waals surface area contributed by atoms with Crippen LogP contribution in [0.15, 0.2) is 0 Å². The molecule has 1 aliphatic heterocycles. The molecule has 0 aromatic carbocycles. The van der Waals surface area contributed by atoms with Crippen LogP contribution in [0.5, 0.6) is 0 Å². The second kappa shape index (κ2) is 8.17. The molecule has 2 N–H and O–H groups in total. The van der Waals surface area contributed by atoms with Crippen molar-refractivity contribution >= 4 is 28.2 Å². The summed E-state index contributed by atoms with van der Waals surface area (Å²) in [6, 6.07) is 0.135. The van der Waals surface area contributed by atoms with E-state index in [4.69, 9.17) is 0 Å². The minimum atomic E-state index is -3.41. The first-order valence-corrected chi connectivity index (χ1v) is 10.4. The second-order valence-electron chi connectivity index (χ2n) is 7.35. The third kappa shape index (κ3) is 4.60. The lowest BCUT2D eigenvalue weighted by atomic mass is 9.79. The van der Waals surface area contributed by atoms with E-state index < -0.39 is 14.6 Å². The lowest BCUT2D eigenvalue weighted by Crippen LogP contribution is -2.59. The minimum absolute atomic E-state index is 0. The van der Waals surface area contributed by atoms with Gasteiger partial charge in [-0.05, 0) is 63.5 Å². The van der Waals surface area contributed by atoms with Gasteiger partial charge < -0.3 is 10.6 Å². The monoisotopic (exact) mass is 366 g/mol. The highest BCUT2D eigenvalue weighted by molar-refractivity contribution is 7.92. The summed E-state index contributed by atoms with van der Waals surface area (Å²) < 4.78 is 23.3. The van der Waals surface area contributed by atoms with Crippen molar-refractivity contribution in [2.24, 2.45) is 11.8 Å². The molecule has 1 aliphatic carbocycles. The molecule has 23 heavy (non-hydrogen) atoms. The van der Waals surface area contributed by atoms with Crippen molar-refractivity contribution in [3.8, 4) is 0 Å². The van der Waals surface area contributed by atoms with Gasteiger partial charge in [-0.15, -0.1) is 12.4 Å². The van der Waals surface area contributed by atoms with Crippen LogP contribution in [0.3, 0.4) is 0 Å². The number of carbonyl (C=O) groups excluding carboxylic acids is 1. The summed E-state index contributed by atoms with van der Waals surface area (Å²) in [6.45, 7) is 5.66. The third-order valence-corrected chi connectivity index (χ3v) is 7.60. The van der Waals surface area contributed by atoms with Crippen molar-refractivity contribution in [2.75, 3.05) is 19.3 Å². The average Bonchev–Trinajstić information content (AvgIpc) is 2.47. The normalized spacial score (nSPS) is 28.0. The molecule has 0 aromatic rings. The van der Waals surface area contributed by atoms with E-state index in [2.05, 4.69) is 24.5 Å². The van der Waals surface area contributed by atoms with Gasteiger partial charge in [0.1, 0.15) is 0 Å². The Hall–Kier alpha value is -0.330. The first kappa shape index (κ1) is 20.7. The highest BCUT2D eigenvalue weighted by atomic mass is 35.5. The zero-order valence-corrected chi connectivity index (χ0v) is 16.1. The predicted molar refractivity (Wildman–Crippen MR) is 95.7 cm³/mol. The molecule has 5 nitrogen and oxygen atoms in total. The Morgan fingerprint density at radius 1 is 1.13 bits per heavy atom. The molecule has 136 valence electrons. The Morgan fingerprint density at radius 3 is 2.09 bits per heavy atom. The van der Waals surface area contributed by atoms with Crippen molar-refractivity contribution in [3.63, 3.8) is 0 Å². The van der Waals surface area contributed by atoms with Gasteiger partial charge in [-0.3, -0.25) is 4.79 Å². The number of piperidine rings is 1. The molecule has 2 fully saturated rings. The highest BCUT2D eigenvalue weighted by Gasteiger charge is 2.49. The molecule has 1 heterocycles. The van der Waals surface area contributed by atoms with Crippen molar-refractivity contribution in [1.29, 1.82) is 0 Å². The maximum atomic E-state index is 12.7. The molecule has 0 bridgehead atoms. The van der Waals surface area contributed by atoms with Crippen LogP contribution in [0.25, 0.3) is 0 Å². The van der Waals surface area contributed by atoms with Gasteiger partial charge in [-0.2, -0.15) is 0 Å². The Bertz CT molecular complexity index is 493. The number of amides is 1. The Labute approximate surface area is 146 Å². The molecule has 0 atom stereocenters. The smallest absolute Gasteiger partial charge is 0.241 e. The van der Waals surface area contributed by atoms with Gasteiger partial charge in [0.25, 0.3) is 0 Å². The summed E-state index contributed by atoms with van der Waals surface area (Å²) in [6.07, 6.45) is 6.12. The molecular weight excluding hydrogens is 336 g/mol. The first-order chi connectivity index (χ1) is 10.3. The van der Waals surface area contributed by atoms with Gasteiger partial charge in [-0.25, -0.2) is 8.42 Å². The van der Waals surface area contributed by atoms with Gasteiger partial charge in [0.2, 0.25) is 5.91 Å². The van der Waals surface area contributed by atoms with Gasteiger partial charge in [-0.1, -0.05) is 13.8 Å². The van der Waals surface area contributed by atoms with Crippen molar-refractivity contribution in [3.05, 3.63) is 0 Å². The highest BCUT2D eigenvalue weighted by Crippen LogP contribution is 2.32. The zero-order chi connectivity index (χ0) is 16.4. The van der Waals surface area contributed by atoms with E-state index in [1.807, 2.05) is 0 Å². The second-order valence-corrected chi connectivity index (χ2v) is 9.67. The predicted octanol–water partition coefficient (Wildman–Crippen LogP) is 1.91. The summed E-state index contributed by atoms with van der Waals surface area (Å²) in [5.74, 6) is 1.14. The number of sulfone groups is 1. The Morgan fingerprint density at radius 2 is 1.65 bits per heavy atom. The largest absolute Gasteiger partial charge is 0.352 e. The van der Waals surface area contributed by atoms with E-state index in [1.165, 1.54) is 6.26 Å². The first-order valence-electron chi connectivity index (χ1n) is 8.47. The number of carbonyl (C=O) groups is 1. The van der Waals surface area contributed by atoms with Crippen LogP contribution in [-0.2, 0) is 14.6 Å². The zero-order valence-electron chi connectivity index (χ0n) is 14.4. The Balaban J connectivity index is 0.00000264. The van der Waals surface area contributed by atoms with E-state index in [9.17, 15) is 13.2 Å². The third-order valence-electron chi connectivity index (χ3n) is 5.58. The molecule has 0 spiro atoms. The molecule has 2 aliphatic rings. The van der Waals surface area contributed by atoms with E-state index in [0.29, 0.717) is 31.8 Å². The summed E-state index contributed by atoms with van der Waals surface area (Å²) in [4.78, 5) is 12.7. The topological polar surface area (TPSA) is 75.3 Å². The van der Waals surface area contributed by atoms with Crippen LogP contribution in [0, 0.1) is 11.8 Å². The van der Waals surface area contributed by atoms with Crippen LogP contribution in [-0.4, -0.2) is 44.5 Å². The molecule has 0 aromatic heterocycles. The van der Waals surface area contributed by atoms with Crippen LogP contribution >= 0.6 is 12.4 Å². The van der Waals surface area contributed by atoms with E-state index >= 15 is 0 Å². The maximum absolute atomic E-state index is 12.7. The van der Waals surface area contributed by atoms with E-state index in [0.717, 1.165) is 31.6 Å². The van der Waals surface area contributed by atoms with Gasteiger partial charge in [0, 0.05) is 12.3 Å². The van der Waals surface area contributed by atoms with Crippen LogP contribution in [0.1, 0.15) is 52.4 Å². The van der Waals surface area contributed by atoms with Gasteiger partial charge >= 0.3 is 0 Å². The summed E-state index contributed by atoms with van der Waals surface area (Å²) >= 11 is 0. The lowest BCUT2D eigenvalue weighted by molar-refractivity contribution is -0.125. The Kier molecular flexibility index (Phi) is 7.36. The van der Waals surface area contributed by atoms with E-state index in [1.54, 1.807) is 0 Å². The quantitative estimate of drug-likeness (QED) is 0.796. The van der Waals surface area contributed by atoms with E-state index in [-0.39, 0.29) is 24.4 Å². The molecule has 1 amide bonds. The summed E-state index contributed by atoms with van der Waals surface area (Å²) in [5.41, 5.74) is 0. The number of rotatable bonds is 4. The van der Waals surface area contributed by atoms with Crippen LogP contribution < -0.4 is 10.6 Å². The fourth-order valence-corrected chi connectivity index (χ4v) is 5.19. The molecular formula is C16H31ClN2O3S. The molecule has 0 radical (unpaired) electrons. The molecule has 1 saturated heterocycles. The average molecular weight is 367 g/mol. The number of hydrogen-bond donors (Lipinski definition) is 2. The minimum Gasteiger partial charge on any atom is -0.352 e. The van der Waals surface area contributed by atoms with Crippen molar-refractivity contribution in [1.82, 2.24) is 10.6 Å². The summed E-state index contributed by atoms with van der Waals surface area (Å²) in [7, 11) is -3.41. The number of nitrogens with one attached hydrogen (secondary N) is 2. The molecule has 0 unspecified atom stereocenters. The van der Waals surface area contributed by atoms with Crippen LogP contribution in [0.4, 0.5) is 0 Å². The SMILES string of the molecule is CC(C)C1CCC(NC(=O)C2(S(C)(=O)=O)CCNCC2)CC1.Cl. The molecule has 1 saturated carbocycles. The molecule has 2 rings (SSSR count). The lowest BCUT2D eigenvalue weighted by Gasteiger charge is -2.37. The van der Waals surface area contributed by atoms with Gasteiger partial charge in [0.15, 0.2) is 14.6 Å². The fourth-order valence-electron chi connectivity index (χ4n) is 3.84. The summed E-state index contributed by atoms with van der Waals surface area (Å²) in [5, 5.41) is 6.19. The number of hydrogen-bond acceptors (Lipinski definition) is 4. The fraction of sp³-hybridized carbons (Fsp3) is 0.938. The van der Waals surface area contributed by atoms with Crippen molar-refractivity contribution < 1.29 is 13.2 Å². The van der Waals surface area contributed by atoms with Crippen molar-refractivity contribution in [2.45, 2.75) is 63.2 Å². The maximum Gasteiger partial charge on any atom is 0.241 e. The number of halogens is 1. The van der Waals surface area contributed by atoms with Crippen LogP contribution in [0.2, 0.25) is 0 Å².